The minimum absolute atomic E-state index is 0.0159. The van der Waals surface area contributed by atoms with Crippen LogP contribution < -0.4 is 10.6 Å². The molecule has 0 aliphatic carbocycles. The average Bonchev–Trinajstić information content (AvgIpc) is 2.78. The number of hydrogen-bond donors (Lipinski definition) is 4. The quantitative estimate of drug-likeness (QED) is 0.534. The second kappa shape index (κ2) is 7.39. The summed E-state index contributed by atoms with van der Waals surface area (Å²) in [7, 11) is 0. The molecular formula is C10H18N2O4S. The van der Waals surface area contributed by atoms with Crippen LogP contribution in [0.5, 0.6) is 0 Å². The highest BCUT2D eigenvalue weighted by Gasteiger charge is 2.20. The Balaban J connectivity index is 2.23. The lowest BCUT2D eigenvalue weighted by Crippen LogP contribution is -2.47. The number of hydrogen-bond acceptors (Lipinski definition) is 4. The Morgan fingerprint density at radius 1 is 1.47 bits per heavy atom. The van der Waals surface area contributed by atoms with Crippen LogP contribution in [0, 0.1) is 5.92 Å². The van der Waals surface area contributed by atoms with E-state index in [9.17, 15) is 9.59 Å². The predicted octanol–water partition coefficient (Wildman–Crippen LogP) is -0.126. The highest BCUT2D eigenvalue weighted by atomic mass is 32.2. The van der Waals surface area contributed by atoms with Crippen molar-refractivity contribution in [2.45, 2.75) is 18.9 Å². The first-order valence-corrected chi connectivity index (χ1v) is 6.74. The molecule has 7 heteroatoms. The summed E-state index contributed by atoms with van der Waals surface area (Å²) in [5.74, 6) is 1.51. The number of carbonyl (C=O) groups is 2. The van der Waals surface area contributed by atoms with Crippen LogP contribution >= 0.6 is 11.8 Å². The molecule has 1 rings (SSSR count). The van der Waals surface area contributed by atoms with Crippen LogP contribution in [0.15, 0.2) is 0 Å². The molecule has 1 heterocycles. The lowest BCUT2D eigenvalue weighted by Gasteiger charge is -2.15. The third-order valence-electron chi connectivity index (χ3n) is 2.60. The van der Waals surface area contributed by atoms with Gasteiger partial charge in [0.25, 0.3) is 0 Å². The van der Waals surface area contributed by atoms with E-state index in [1.165, 1.54) is 0 Å². The number of amides is 2. The second-order valence-electron chi connectivity index (χ2n) is 3.99. The van der Waals surface area contributed by atoms with Crippen molar-refractivity contribution in [1.29, 1.82) is 0 Å². The molecule has 0 radical (unpaired) electrons. The Kier molecular flexibility index (Phi) is 6.13. The minimum atomic E-state index is -1.13. The van der Waals surface area contributed by atoms with Gasteiger partial charge in [0.15, 0.2) is 0 Å². The summed E-state index contributed by atoms with van der Waals surface area (Å²) in [5.41, 5.74) is 0. The molecule has 0 aromatic carbocycles. The van der Waals surface area contributed by atoms with Gasteiger partial charge in [-0.15, -0.1) is 0 Å². The van der Waals surface area contributed by atoms with Gasteiger partial charge in [-0.05, 0) is 23.8 Å². The number of aliphatic hydroxyl groups excluding tert-OH is 1. The Labute approximate surface area is 104 Å². The second-order valence-corrected chi connectivity index (χ2v) is 5.14. The maximum absolute atomic E-state index is 11.4. The third kappa shape index (κ3) is 5.27. The van der Waals surface area contributed by atoms with Gasteiger partial charge in [0, 0.05) is 19.6 Å². The fourth-order valence-electron chi connectivity index (χ4n) is 1.58. The van der Waals surface area contributed by atoms with E-state index in [0.29, 0.717) is 12.5 Å². The highest BCUT2D eigenvalue weighted by molar-refractivity contribution is 7.99. The summed E-state index contributed by atoms with van der Waals surface area (Å²) in [6, 6.07) is -1.51. The summed E-state index contributed by atoms with van der Waals surface area (Å²) >= 11 is 1.86. The van der Waals surface area contributed by atoms with Crippen LogP contribution in [0.2, 0.25) is 0 Å². The Hall–Kier alpha value is -0.950. The third-order valence-corrected chi connectivity index (χ3v) is 3.83. The molecule has 1 aliphatic rings. The van der Waals surface area contributed by atoms with Gasteiger partial charge >= 0.3 is 12.0 Å². The molecule has 17 heavy (non-hydrogen) atoms. The number of carboxylic acids is 1. The van der Waals surface area contributed by atoms with Crippen molar-refractivity contribution in [2.24, 2.45) is 5.92 Å². The zero-order valence-corrected chi connectivity index (χ0v) is 10.3. The molecule has 0 aromatic heterocycles. The molecule has 0 saturated carbocycles. The first-order chi connectivity index (χ1) is 8.13. The van der Waals surface area contributed by atoms with Crippen LogP contribution in [0.3, 0.4) is 0 Å². The summed E-state index contributed by atoms with van der Waals surface area (Å²) in [4.78, 5) is 22.1. The van der Waals surface area contributed by atoms with Gasteiger partial charge in [-0.2, -0.15) is 11.8 Å². The van der Waals surface area contributed by atoms with Gasteiger partial charge in [-0.3, -0.25) is 0 Å². The molecule has 1 aliphatic heterocycles. The van der Waals surface area contributed by atoms with Gasteiger partial charge in [-0.25, -0.2) is 9.59 Å². The fourth-order valence-corrected chi connectivity index (χ4v) is 2.86. The monoisotopic (exact) mass is 262 g/mol. The number of rotatable bonds is 6. The Morgan fingerprint density at radius 2 is 2.24 bits per heavy atom. The van der Waals surface area contributed by atoms with Crippen LogP contribution in [0.1, 0.15) is 12.8 Å². The van der Waals surface area contributed by atoms with Gasteiger partial charge in [0.05, 0.1) is 0 Å². The molecule has 98 valence electrons. The normalized spacial score (nSPS) is 20.9. The Bertz CT molecular complexity index is 269. The highest BCUT2D eigenvalue weighted by Crippen LogP contribution is 2.22. The van der Waals surface area contributed by atoms with E-state index in [1.54, 1.807) is 0 Å². The molecule has 2 amide bonds. The van der Waals surface area contributed by atoms with Crippen molar-refractivity contribution in [2.75, 3.05) is 24.7 Å². The average molecular weight is 262 g/mol. The molecule has 6 nitrogen and oxygen atoms in total. The maximum Gasteiger partial charge on any atom is 0.326 e. The molecular weight excluding hydrogens is 244 g/mol. The van der Waals surface area contributed by atoms with Crippen molar-refractivity contribution in [3.63, 3.8) is 0 Å². The lowest BCUT2D eigenvalue weighted by molar-refractivity contribution is -0.139. The fraction of sp³-hybridized carbons (Fsp3) is 0.800. The van der Waals surface area contributed by atoms with E-state index in [4.69, 9.17) is 10.2 Å². The first-order valence-electron chi connectivity index (χ1n) is 5.59. The van der Waals surface area contributed by atoms with Gasteiger partial charge < -0.3 is 20.8 Å². The number of carbonyl (C=O) groups excluding carboxylic acids is 1. The molecule has 4 N–H and O–H groups in total. The van der Waals surface area contributed by atoms with E-state index in [2.05, 4.69) is 10.6 Å². The van der Waals surface area contributed by atoms with E-state index in [-0.39, 0.29) is 13.0 Å². The molecule has 1 unspecified atom stereocenters. The summed E-state index contributed by atoms with van der Waals surface area (Å²) in [6.45, 7) is 0.306. The number of aliphatic carboxylic acids is 1. The van der Waals surface area contributed by atoms with E-state index < -0.39 is 18.0 Å². The molecule has 0 spiro atoms. The number of nitrogens with one attached hydrogen (secondary N) is 2. The summed E-state index contributed by atoms with van der Waals surface area (Å²) in [6.07, 6.45) is 1.10. The largest absolute Gasteiger partial charge is 0.480 e. The van der Waals surface area contributed by atoms with Crippen molar-refractivity contribution in [1.82, 2.24) is 10.6 Å². The van der Waals surface area contributed by atoms with Crippen molar-refractivity contribution in [3.05, 3.63) is 0 Å². The SMILES string of the molecule is O=C(NCC1CCSC1)N[C@@H](CCO)C(=O)O. The number of aliphatic hydroxyl groups is 1. The standard InChI is InChI=1S/C10H18N2O4S/c13-3-1-8(9(14)15)12-10(16)11-5-7-2-4-17-6-7/h7-8,13H,1-6H2,(H,14,15)(H2,11,12,16)/t7?,8-/m0/s1. The van der Waals surface area contributed by atoms with Gasteiger partial charge in [0.1, 0.15) is 6.04 Å². The van der Waals surface area contributed by atoms with Crippen molar-refractivity contribution in [3.8, 4) is 0 Å². The van der Waals surface area contributed by atoms with Crippen molar-refractivity contribution < 1.29 is 19.8 Å². The predicted molar refractivity (Wildman–Crippen MR) is 65.1 cm³/mol. The minimum Gasteiger partial charge on any atom is -0.480 e. The molecule has 1 fully saturated rings. The zero-order valence-electron chi connectivity index (χ0n) is 9.52. The van der Waals surface area contributed by atoms with E-state index >= 15 is 0 Å². The van der Waals surface area contributed by atoms with E-state index in [1.807, 2.05) is 11.8 Å². The van der Waals surface area contributed by atoms with Crippen LogP contribution in [0.25, 0.3) is 0 Å². The van der Waals surface area contributed by atoms with E-state index in [0.717, 1.165) is 17.9 Å². The zero-order chi connectivity index (χ0) is 12.7. The molecule has 0 bridgehead atoms. The number of thioether (sulfide) groups is 1. The lowest BCUT2D eigenvalue weighted by atomic mass is 10.1. The van der Waals surface area contributed by atoms with Gasteiger partial charge in [-0.1, -0.05) is 0 Å². The smallest absolute Gasteiger partial charge is 0.326 e. The number of urea groups is 1. The van der Waals surface area contributed by atoms with Crippen LogP contribution in [-0.4, -0.2) is 52.9 Å². The Morgan fingerprint density at radius 3 is 2.76 bits per heavy atom. The molecule has 2 atom stereocenters. The van der Waals surface area contributed by atoms with Crippen LogP contribution in [0.4, 0.5) is 4.79 Å². The maximum atomic E-state index is 11.4. The van der Waals surface area contributed by atoms with Gasteiger partial charge in [0.2, 0.25) is 0 Å². The summed E-state index contributed by atoms with van der Waals surface area (Å²) in [5, 5.41) is 22.4. The summed E-state index contributed by atoms with van der Waals surface area (Å²) < 4.78 is 0. The van der Waals surface area contributed by atoms with Crippen molar-refractivity contribution >= 4 is 23.8 Å². The topological polar surface area (TPSA) is 98.7 Å². The van der Waals surface area contributed by atoms with Crippen LogP contribution in [-0.2, 0) is 4.79 Å². The molecule has 0 aromatic rings. The molecule has 1 saturated heterocycles. The number of carboxylic acid groups (broad SMARTS) is 1. The first kappa shape index (κ1) is 14.1.